The molecule has 3 aliphatic rings. The fourth-order valence-corrected chi connectivity index (χ4v) is 6.30. The maximum Gasteiger partial charge on any atom is 0.255 e. The third-order valence-corrected chi connectivity index (χ3v) is 8.01. The molecule has 1 atom stereocenters. The molecule has 2 aromatic carbocycles. The minimum atomic E-state index is -0.681. The lowest BCUT2D eigenvalue weighted by atomic mass is 9.94. The molecular weight excluding hydrogens is 470 g/mol. The van der Waals surface area contributed by atoms with Crippen molar-refractivity contribution in [2.45, 2.75) is 71.0 Å². The number of rotatable bonds is 7. The van der Waals surface area contributed by atoms with E-state index in [1.807, 2.05) is 61.2 Å². The standard InChI is InChI=1S/C33H39N3O2/c1-4-12-28(21-24(2)3)36(31(37)23-34-20-19-25-13-8-9-14-26(25)22-34)32-29-17-10-11-18-30(29)35(33(32)38)27-15-6-5-7-16-27/h4,8-14,17-18,21,27,32H,2,5-7,15-16,19-20,22-23H2,1,3H3/b12-4-,28-21+. The van der Waals surface area contributed by atoms with Crippen LogP contribution in [0.2, 0.25) is 0 Å². The molecule has 0 bridgehead atoms. The number of benzene rings is 2. The molecule has 2 aliphatic heterocycles. The predicted octanol–water partition coefficient (Wildman–Crippen LogP) is 6.33. The molecular formula is C33H39N3O2. The topological polar surface area (TPSA) is 43.9 Å². The van der Waals surface area contributed by atoms with Gasteiger partial charge in [-0.05, 0) is 62.5 Å². The van der Waals surface area contributed by atoms with Crippen molar-refractivity contribution in [3.05, 3.63) is 101 Å². The monoisotopic (exact) mass is 509 g/mol. The molecule has 2 heterocycles. The maximum atomic E-state index is 14.3. The van der Waals surface area contributed by atoms with Gasteiger partial charge in [-0.1, -0.05) is 80.0 Å². The lowest BCUT2D eigenvalue weighted by Crippen LogP contribution is -2.47. The molecule has 0 saturated heterocycles. The van der Waals surface area contributed by atoms with E-state index in [0.29, 0.717) is 5.70 Å². The second kappa shape index (κ2) is 11.5. The summed E-state index contributed by atoms with van der Waals surface area (Å²) in [6.07, 6.45) is 12.2. The number of allylic oxidation sites excluding steroid dienone is 4. The number of hydrogen-bond donors (Lipinski definition) is 0. The van der Waals surface area contributed by atoms with Crippen molar-refractivity contribution in [2.24, 2.45) is 0 Å². The quantitative estimate of drug-likeness (QED) is 0.410. The van der Waals surface area contributed by atoms with E-state index in [1.54, 1.807) is 4.90 Å². The summed E-state index contributed by atoms with van der Waals surface area (Å²) in [5, 5.41) is 0. The van der Waals surface area contributed by atoms with Crippen molar-refractivity contribution >= 4 is 17.5 Å². The number of para-hydroxylation sites is 1. The third kappa shape index (κ3) is 5.25. The van der Waals surface area contributed by atoms with Crippen LogP contribution in [0.15, 0.2) is 84.6 Å². The van der Waals surface area contributed by atoms with Gasteiger partial charge in [0.2, 0.25) is 5.91 Å². The summed E-state index contributed by atoms with van der Waals surface area (Å²) in [6, 6.07) is 16.0. The van der Waals surface area contributed by atoms with Crippen molar-refractivity contribution in [1.29, 1.82) is 0 Å². The van der Waals surface area contributed by atoms with E-state index in [1.165, 1.54) is 17.5 Å². The average Bonchev–Trinajstić information content (AvgIpc) is 3.20. The Morgan fingerprint density at radius 1 is 1.05 bits per heavy atom. The van der Waals surface area contributed by atoms with Crippen molar-refractivity contribution in [3.8, 4) is 0 Å². The second-order valence-electron chi connectivity index (χ2n) is 10.9. The molecule has 0 N–H and O–H groups in total. The molecule has 198 valence electrons. The lowest BCUT2D eigenvalue weighted by Gasteiger charge is -2.35. The molecule has 2 amide bonds. The van der Waals surface area contributed by atoms with Crippen LogP contribution in [0.1, 0.15) is 68.7 Å². The van der Waals surface area contributed by atoms with E-state index >= 15 is 0 Å². The molecule has 1 unspecified atom stereocenters. The number of carbonyl (C=O) groups excluding carboxylic acids is 2. The third-order valence-electron chi connectivity index (χ3n) is 8.01. The summed E-state index contributed by atoms with van der Waals surface area (Å²) in [5.41, 5.74) is 6.04. The minimum Gasteiger partial charge on any atom is -0.307 e. The van der Waals surface area contributed by atoms with Gasteiger partial charge >= 0.3 is 0 Å². The number of amides is 2. The predicted molar refractivity (Wildman–Crippen MR) is 154 cm³/mol. The summed E-state index contributed by atoms with van der Waals surface area (Å²) in [6.45, 7) is 9.77. The van der Waals surface area contributed by atoms with Crippen molar-refractivity contribution in [2.75, 3.05) is 18.0 Å². The van der Waals surface area contributed by atoms with Gasteiger partial charge in [0.1, 0.15) is 6.04 Å². The molecule has 0 spiro atoms. The first-order valence-electron chi connectivity index (χ1n) is 14.0. The van der Waals surface area contributed by atoms with Crippen LogP contribution in [0.25, 0.3) is 0 Å². The van der Waals surface area contributed by atoms with Gasteiger partial charge in [0, 0.05) is 36.1 Å². The smallest absolute Gasteiger partial charge is 0.255 e. The SMILES string of the molecule is C=C(C)/C=C(\C=C/C)N(C(=O)CN1CCc2ccccc2C1)C1C(=O)N(C2CCCCC2)c2ccccc21. The van der Waals surface area contributed by atoms with E-state index in [4.69, 9.17) is 0 Å². The highest BCUT2D eigenvalue weighted by atomic mass is 16.2. The first-order valence-corrected chi connectivity index (χ1v) is 14.0. The zero-order valence-electron chi connectivity index (χ0n) is 22.7. The highest BCUT2D eigenvalue weighted by Crippen LogP contribution is 2.44. The molecule has 5 rings (SSSR count). The van der Waals surface area contributed by atoms with Crippen molar-refractivity contribution < 1.29 is 9.59 Å². The Labute approximate surface area is 227 Å². The van der Waals surface area contributed by atoms with E-state index in [0.717, 1.165) is 62.0 Å². The summed E-state index contributed by atoms with van der Waals surface area (Å²) in [7, 11) is 0. The lowest BCUT2D eigenvalue weighted by molar-refractivity contribution is -0.138. The first-order chi connectivity index (χ1) is 18.5. The average molecular weight is 510 g/mol. The molecule has 5 nitrogen and oxygen atoms in total. The van der Waals surface area contributed by atoms with Gasteiger partial charge in [0.15, 0.2) is 0 Å². The van der Waals surface area contributed by atoms with Gasteiger partial charge in [-0.3, -0.25) is 19.4 Å². The summed E-state index contributed by atoms with van der Waals surface area (Å²) in [4.78, 5) is 34.5. The van der Waals surface area contributed by atoms with Crippen LogP contribution < -0.4 is 4.90 Å². The maximum absolute atomic E-state index is 14.3. The van der Waals surface area contributed by atoms with E-state index in [2.05, 4.69) is 35.7 Å². The Balaban J connectivity index is 1.51. The van der Waals surface area contributed by atoms with Crippen LogP contribution in [0, 0.1) is 0 Å². The highest BCUT2D eigenvalue weighted by Gasteiger charge is 2.46. The Morgan fingerprint density at radius 2 is 1.76 bits per heavy atom. The number of anilines is 1. The van der Waals surface area contributed by atoms with E-state index in [-0.39, 0.29) is 24.4 Å². The Kier molecular flexibility index (Phi) is 7.94. The number of fused-ring (bicyclic) bond motifs is 2. The molecule has 1 fully saturated rings. The van der Waals surface area contributed by atoms with Crippen LogP contribution in [0.3, 0.4) is 0 Å². The Bertz CT molecular complexity index is 1270. The number of hydrogen-bond acceptors (Lipinski definition) is 3. The van der Waals surface area contributed by atoms with Gasteiger partial charge < -0.3 is 4.90 Å². The number of nitrogens with zero attached hydrogens (tertiary/aromatic N) is 3. The van der Waals surface area contributed by atoms with Crippen LogP contribution in [-0.4, -0.2) is 40.7 Å². The first kappa shape index (κ1) is 26.2. The van der Waals surface area contributed by atoms with Gasteiger partial charge in [-0.15, -0.1) is 0 Å². The normalized spacial score (nSPS) is 20.5. The van der Waals surface area contributed by atoms with Crippen LogP contribution in [0.5, 0.6) is 0 Å². The zero-order valence-corrected chi connectivity index (χ0v) is 22.7. The van der Waals surface area contributed by atoms with E-state index in [9.17, 15) is 9.59 Å². The fourth-order valence-electron chi connectivity index (χ4n) is 6.30. The van der Waals surface area contributed by atoms with Gasteiger partial charge in [0.05, 0.1) is 6.54 Å². The molecule has 2 aromatic rings. The van der Waals surface area contributed by atoms with Crippen LogP contribution in [-0.2, 0) is 22.6 Å². The second-order valence-corrected chi connectivity index (χ2v) is 10.9. The van der Waals surface area contributed by atoms with Crippen molar-refractivity contribution in [1.82, 2.24) is 9.80 Å². The van der Waals surface area contributed by atoms with Crippen LogP contribution >= 0.6 is 0 Å². The van der Waals surface area contributed by atoms with Crippen molar-refractivity contribution in [3.63, 3.8) is 0 Å². The minimum absolute atomic E-state index is 0.00700. The number of carbonyl (C=O) groups is 2. The Hall–Kier alpha value is -3.44. The van der Waals surface area contributed by atoms with Crippen LogP contribution in [0.4, 0.5) is 5.69 Å². The molecule has 0 aromatic heterocycles. The Morgan fingerprint density at radius 3 is 2.50 bits per heavy atom. The molecule has 38 heavy (non-hydrogen) atoms. The molecule has 0 radical (unpaired) electrons. The summed E-state index contributed by atoms with van der Waals surface area (Å²) >= 11 is 0. The largest absolute Gasteiger partial charge is 0.307 e. The molecule has 5 heteroatoms. The molecule has 1 aliphatic carbocycles. The van der Waals surface area contributed by atoms with E-state index < -0.39 is 6.04 Å². The fraction of sp³-hybridized carbons (Fsp3) is 0.394. The highest BCUT2D eigenvalue weighted by molar-refractivity contribution is 6.07. The summed E-state index contributed by atoms with van der Waals surface area (Å²) < 4.78 is 0. The zero-order chi connectivity index (χ0) is 26.6. The van der Waals surface area contributed by atoms with Gasteiger partial charge in [-0.25, -0.2) is 0 Å². The van der Waals surface area contributed by atoms with Gasteiger partial charge in [0.25, 0.3) is 5.91 Å². The summed E-state index contributed by atoms with van der Waals surface area (Å²) in [5.74, 6) is -0.0545. The van der Waals surface area contributed by atoms with Gasteiger partial charge in [-0.2, -0.15) is 0 Å². The molecule has 1 saturated carbocycles.